The minimum absolute atomic E-state index is 0.0136. The van der Waals surface area contributed by atoms with Gasteiger partial charge in [0.1, 0.15) is 11.6 Å². The van der Waals surface area contributed by atoms with Gasteiger partial charge in [0.25, 0.3) is 0 Å². The van der Waals surface area contributed by atoms with Gasteiger partial charge in [-0.1, -0.05) is 19.8 Å². The summed E-state index contributed by atoms with van der Waals surface area (Å²) in [6.07, 6.45) is 5.15. The van der Waals surface area contributed by atoms with Gasteiger partial charge in [0.2, 0.25) is 0 Å². The lowest BCUT2D eigenvalue weighted by Crippen LogP contribution is -2.25. The summed E-state index contributed by atoms with van der Waals surface area (Å²) in [6, 6.07) is 0. The molecule has 2 N–H and O–H groups in total. The Kier molecular flexibility index (Phi) is 3.43. The SMILES string of the molecule is Cc1nc(C2CCCC(C)C2)c(N)n1C(C)(C)C. The molecular weight excluding hydrogens is 222 g/mol. The molecule has 0 aromatic carbocycles. The first-order chi connectivity index (χ1) is 8.30. The van der Waals surface area contributed by atoms with Gasteiger partial charge in [0.05, 0.1) is 5.69 Å². The molecule has 0 amide bonds. The van der Waals surface area contributed by atoms with E-state index in [0.29, 0.717) is 5.92 Å². The van der Waals surface area contributed by atoms with Crippen LogP contribution in [0.2, 0.25) is 0 Å². The summed E-state index contributed by atoms with van der Waals surface area (Å²) in [5.41, 5.74) is 7.53. The highest BCUT2D eigenvalue weighted by molar-refractivity contribution is 5.42. The van der Waals surface area contributed by atoms with Crippen molar-refractivity contribution in [3.05, 3.63) is 11.5 Å². The Hall–Kier alpha value is -0.990. The highest BCUT2D eigenvalue weighted by Gasteiger charge is 2.28. The van der Waals surface area contributed by atoms with Crippen molar-refractivity contribution >= 4 is 5.82 Å². The normalized spacial score (nSPS) is 25.4. The van der Waals surface area contributed by atoms with Gasteiger partial charge >= 0.3 is 0 Å². The van der Waals surface area contributed by atoms with Gasteiger partial charge in [-0.2, -0.15) is 0 Å². The summed E-state index contributed by atoms with van der Waals surface area (Å²) in [7, 11) is 0. The number of aromatic nitrogens is 2. The van der Waals surface area contributed by atoms with Crippen LogP contribution in [0.5, 0.6) is 0 Å². The molecule has 18 heavy (non-hydrogen) atoms. The molecule has 102 valence electrons. The fraction of sp³-hybridized carbons (Fsp3) is 0.800. The van der Waals surface area contributed by atoms with Crippen LogP contribution >= 0.6 is 0 Å². The molecule has 3 nitrogen and oxygen atoms in total. The van der Waals surface area contributed by atoms with E-state index in [2.05, 4.69) is 39.2 Å². The summed E-state index contributed by atoms with van der Waals surface area (Å²) in [5, 5.41) is 0. The number of nitrogens with two attached hydrogens (primary N) is 1. The van der Waals surface area contributed by atoms with Gasteiger partial charge in [-0.3, -0.25) is 0 Å². The van der Waals surface area contributed by atoms with Crippen LogP contribution in [0.3, 0.4) is 0 Å². The second-order valence-electron chi connectivity index (χ2n) is 6.90. The van der Waals surface area contributed by atoms with E-state index in [1.807, 2.05) is 0 Å². The topological polar surface area (TPSA) is 43.8 Å². The molecule has 2 unspecified atom stereocenters. The van der Waals surface area contributed by atoms with Crippen LogP contribution in [0, 0.1) is 12.8 Å². The maximum absolute atomic E-state index is 6.37. The average molecular weight is 249 g/mol. The van der Waals surface area contributed by atoms with Gasteiger partial charge in [-0.05, 0) is 46.5 Å². The van der Waals surface area contributed by atoms with Gasteiger partial charge in [0.15, 0.2) is 0 Å². The highest BCUT2D eigenvalue weighted by Crippen LogP contribution is 2.39. The third-order valence-electron chi connectivity index (χ3n) is 4.10. The summed E-state index contributed by atoms with van der Waals surface area (Å²) in [4.78, 5) is 4.77. The van der Waals surface area contributed by atoms with Crippen LogP contribution < -0.4 is 5.73 Å². The zero-order chi connectivity index (χ0) is 13.5. The largest absolute Gasteiger partial charge is 0.384 e. The fourth-order valence-electron chi connectivity index (χ4n) is 3.40. The lowest BCUT2D eigenvalue weighted by atomic mass is 9.81. The number of anilines is 1. The van der Waals surface area contributed by atoms with Gasteiger partial charge in [-0.25, -0.2) is 4.98 Å². The zero-order valence-corrected chi connectivity index (χ0v) is 12.5. The highest BCUT2D eigenvalue weighted by atomic mass is 15.2. The zero-order valence-electron chi connectivity index (χ0n) is 12.5. The number of imidazole rings is 1. The number of nitrogens with zero attached hydrogens (tertiary/aromatic N) is 2. The monoisotopic (exact) mass is 249 g/mol. The Labute approximate surface area is 111 Å². The van der Waals surface area contributed by atoms with E-state index in [1.165, 1.54) is 25.7 Å². The van der Waals surface area contributed by atoms with Crippen molar-refractivity contribution in [1.82, 2.24) is 9.55 Å². The van der Waals surface area contributed by atoms with Crippen molar-refractivity contribution in [3.8, 4) is 0 Å². The Balaban J connectivity index is 2.35. The average Bonchev–Trinajstić information content (AvgIpc) is 2.53. The minimum Gasteiger partial charge on any atom is -0.384 e. The van der Waals surface area contributed by atoms with E-state index in [9.17, 15) is 0 Å². The molecule has 2 atom stereocenters. The van der Waals surface area contributed by atoms with Crippen LogP contribution in [0.1, 0.15) is 70.8 Å². The Bertz CT molecular complexity index is 426. The molecule has 1 heterocycles. The van der Waals surface area contributed by atoms with Gasteiger partial charge in [0, 0.05) is 11.5 Å². The van der Waals surface area contributed by atoms with Crippen LogP contribution in [0.4, 0.5) is 5.82 Å². The molecule has 0 aliphatic heterocycles. The van der Waals surface area contributed by atoms with E-state index >= 15 is 0 Å². The van der Waals surface area contributed by atoms with Crippen molar-refractivity contribution in [2.75, 3.05) is 5.73 Å². The van der Waals surface area contributed by atoms with E-state index in [4.69, 9.17) is 10.7 Å². The predicted molar refractivity (Wildman–Crippen MR) is 76.7 cm³/mol. The second-order valence-corrected chi connectivity index (χ2v) is 6.90. The summed E-state index contributed by atoms with van der Waals surface area (Å²) in [5.74, 6) is 3.31. The Morgan fingerprint density at radius 1 is 1.28 bits per heavy atom. The van der Waals surface area contributed by atoms with Crippen LogP contribution in [0.25, 0.3) is 0 Å². The van der Waals surface area contributed by atoms with Gasteiger partial charge in [-0.15, -0.1) is 0 Å². The number of nitrogen functional groups attached to an aromatic ring is 1. The van der Waals surface area contributed by atoms with Crippen molar-refractivity contribution in [1.29, 1.82) is 0 Å². The van der Waals surface area contributed by atoms with Crippen LogP contribution in [-0.4, -0.2) is 9.55 Å². The van der Waals surface area contributed by atoms with E-state index < -0.39 is 0 Å². The third-order valence-corrected chi connectivity index (χ3v) is 4.10. The summed E-state index contributed by atoms with van der Waals surface area (Å²) in [6.45, 7) is 11.0. The van der Waals surface area contributed by atoms with Crippen LogP contribution in [-0.2, 0) is 5.54 Å². The number of hydrogen-bond donors (Lipinski definition) is 1. The number of hydrogen-bond acceptors (Lipinski definition) is 2. The van der Waals surface area contributed by atoms with Crippen molar-refractivity contribution in [2.24, 2.45) is 5.92 Å². The Morgan fingerprint density at radius 3 is 2.44 bits per heavy atom. The maximum Gasteiger partial charge on any atom is 0.127 e. The maximum atomic E-state index is 6.37. The standard InChI is InChI=1S/C15H27N3/c1-10-7-6-8-12(9-10)13-14(16)18(11(2)17-13)15(3,4)5/h10,12H,6-9,16H2,1-5H3. The lowest BCUT2D eigenvalue weighted by Gasteiger charge is -2.27. The summed E-state index contributed by atoms with van der Waals surface area (Å²) < 4.78 is 2.18. The molecule has 1 aromatic rings. The molecule has 1 saturated carbocycles. The molecule has 0 radical (unpaired) electrons. The van der Waals surface area contributed by atoms with Gasteiger partial charge < -0.3 is 10.3 Å². The molecular formula is C15H27N3. The van der Waals surface area contributed by atoms with Crippen molar-refractivity contribution < 1.29 is 0 Å². The lowest BCUT2D eigenvalue weighted by molar-refractivity contribution is 0.340. The quantitative estimate of drug-likeness (QED) is 0.822. The first-order valence-corrected chi connectivity index (χ1v) is 7.16. The molecule has 0 saturated heterocycles. The molecule has 3 heteroatoms. The van der Waals surface area contributed by atoms with E-state index in [-0.39, 0.29) is 5.54 Å². The molecule has 2 rings (SSSR count). The molecule has 0 spiro atoms. The summed E-state index contributed by atoms with van der Waals surface area (Å²) >= 11 is 0. The number of aryl methyl sites for hydroxylation is 1. The first kappa shape index (κ1) is 13.4. The molecule has 1 aliphatic carbocycles. The van der Waals surface area contributed by atoms with Crippen LogP contribution in [0.15, 0.2) is 0 Å². The minimum atomic E-state index is 0.0136. The van der Waals surface area contributed by atoms with E-state index in [1.54, 1.807) is 0 Å². The van der Waals surface area contributed by atoms with Crippen molar-refractivity contribution in [2.45, 2.75) is 71.8 Å². The molecule has 1 fully saturated rings. The predicted octanol–water partition coefficient (Wildman–Crippen LogP) is 3.82. The smallest absolute Gasteiger partial charge is 0.127 e. The molecule has 1 aromatic heterocycles. The fourth-order valence-corrected chi connectivity index (χ4v) is 3.40. The first-order valence-electron chi connectivity index (χ1n) is 7.16. The van der Waals surface area contributed by atoms with Crippen molar-refractivity contribution in [3.63, 3.8) is 0 Å². The molecule has 1 aliphatic rings. The Morgan fingerprint density at radius 2 is 1.94 bits per heavy atom. The third kappa shape index (κ3) is 2.40. The molecule has 0 bridgehead atoms. The van der Waals surface area contributed by atoms with E-state index in [0.717, 1.165) is 23.3 Å². The second kappa shape index (κ2) is 4.60. The number of rotatable bonds is 1.